The van der Waals surface area contributed by atoms with Crippen molar-refractivity contribution < 1.29 is 19.0 Å². The molecular formula is C22H21NO4. The molecule has 0 bridgehead atoms. The summed E-state index contributed by atoms with van der Waals surface area (Å²) in [7, 11) is 0. The van der Waals surface area contributed by atoms with Crippen molar-refractivity contribution in [3.63, 3.8) is 0 Å². The summed E-state index contributed by atoms with van der Waals surface area (Å²) in [5.74, 6) is 1.98. The van der Waals surface area contributed by atoms with Gasteiger partial charge in [0.25, 0.3) is 5.91 Å². The first-order valence-corrected chi connectivity index (χ1v) is 9.00. The van der Waals surface area contributed by atoms with E-state index in [9.17, 15) is 4.79 Å². The number of carbonyl (C=O) groups excluding carboxylic acids is 1. The standard InChI is InChI=1S/C22H21NO4/c1-15(17-9-10-20-21(13-17)26-12-11-25-20)23-22(24)14-27-19-8-4-6-16-5-2-3-7-18(16)19/h2-10,13,15H,11-12,14H2,1H3,(H,23,24)/t15-/m1/s1. The fraction of sp³-hybridized carbons (Fsp3) is 0.227. The van der Waals surface area contributed by atoms with E-state index >= 15 is 0 Å². The first-order chi connectivity index (χ1) is 13.2. The summed E-state index contributed by atoms with van der Waals surface area (Å²) < 4.78 is 16.9. The smallest absolute Gasteiger partial charge is 0.258 e. The maximum atomic E-state index is 12.3. The van der Waals surface area contributed by atoms with E-state index in [1.165, 1.54) is 0 Å². The van der Waals surface area contributed by atoms with Crippen LogP contribution in [0.5, 0.6) is 17.2 Å². The average molecular weight is 363 g/mol. The van der Waals surface area contributed by atoms with Crippen molar-refractivity contribution in [2.75, 3.05) is 19.8 Å². The highest BCUT2D eigenvalue weighted by Crippen LogP contribution is 2.32. The Morgan fingerprint density at radius 1 is 1.04 bits per heavy atom. The molecule has 138 valence electrons. The fourth-order valence-electron chi connectivity index (χ4n) is 3.16. The van der Waals surface area contributed by atoms with Gasteiger partial charge in [0.15, 0.2) is 18.1 Å². The lowest BCUT2D eigenvalue weighted by Gasteiger charge is -2.21. The molecule has 1 aliphatic rings. The maximum Gasteiger partial charge on any atom is 0.258 e. The molecule has 0 aromatic heterocycles. The Kier molecular flexibility index (Phi) is 4.83. The van der Waals surface area contributed by atoms with E-state index in [4.69, 9.17) is 14.2 Å². The van der Waals surface area contributed by atoms with E-state index in [0.29, 0.717) is 24.7 Å². The number of ether oxygens (including phenoxy) is 3. The molecule has 0 spiro atoms. The van der Waals surface area contributed by atoms with Crippen LogP contribution in [0.1, 0.15) is 18.5 Å². The molecule has 27 heavy (non-hydrogen) atoms. The number of hydrogen-bond donors (Lipinski definition) is 1. The summed E-state index contributed by atoms with van der Waals surface area (Å²) in [6.07, 6.45) is 0. The summed E-state index contributed by atoms with van der Waals surface area (Å²) >= 11 is 0. The molecule has 3 aromatic rings. The lowest BCUT2D eigenvalue weighted by atomic mass is 10.1. The van der Waals surface area contributed by atoms with E-state index in [1.54, 1.807) is 0 Å². The predicted molar refractivity (Wildman–Crippen MR) is 103 cm³/mol. The molecule has 0 radical (unpaired) electrons. The molecule has 0 unspecified atom stereocenters. The normalized spacial score (nSPS) is 13.8. The lowest BCUT2D eigenvalue weighted by Crippen LogP contribution is -2.31. The highest BCUT2D eigenvalue weighted by molar-refractivity contribution is 5.88. The van der Waals surface area contributed by atoms with Gasteiger partial charge in [-0.3, -0.25) is 4.79 Å². The number of fused-ring (bicyclic) bond motifs is 2. The molecule has 5 nitrogen and oxygen atoms in total. The van der Waals surface area contributed by atoms with Crippen LogP contribution in [-0.2, 0) is 4.79 Å². The highest BCUT2D eigenvalue weighted by Gasteiger charge is 2.16. The van der Waals surface area contributed by atoms with Gasteiger partial charge in [0, 0.05) is 5.39 Å². The van der Waals surface area contributed by atoms with E-state index in [-0.39, 0.29) is 18.6 Å². The topological polar surface area (TPSA) is 56.8 Å². The van der Waals surface area contributed by atoms with Gasteiger partial charge in [-0.25, -0.2) is 0 Å². The van der Waals surface area contributed by atoms with Crippen molar-refractivity contribution in [1.82, 2.24) is 5.32 Å². The summed E-state index contributed by atoms with van der Waals surface area (Å²) in [6.45, 7) is 2.99. The zero-order valence-electron chi connectivity index (χ0n) is 15.1. The van der Waals surface area contributed by atoms with Crippen molar-refractivity contribution in [2.45, 2.75) is 13.0 Å². The van der Waals surface area contributed by atoms with Crippen molar-refractivity contribution in [2.24, 2.45) is 0 Å². The quantitative estimate of drug-likeness (QED) is 0.748. The van der Waals surface area contributed by atoms with Gasteiger partial charge >= 0.3 is 0 Å². The first-order valence-electron chi connectivity index (χ1n) is 9.00. The minimum absolute atomic E-state index is 0.0388. The van der Waals surface area contributed by atoms with Crippen molar-refractivity contribution >= 4 is 16.7 Å². The molecule has 0 saturated carbocycles. The zero-order valence-corrected chi connectivity index (χ0v) is 15.1. The second kappa shape index (κ2) is 7.58. The number of nitrogens with one attached hydrogen (secondary N) is 1. The Labute approximate surface area is 157 Å². The Morgan fingerprint density at radius 3 is 2.70 bits per heavy atom. The summed E-state index contributed by atoms with van der Waals surface area (Å²) in [4.78, 5) is 12.3. The lowest BCUT2D eigenvalue weighted by molar-refractivity contribution is -0.123. The van der Waals surface area contributed by atoms with E-state index < -0.39 is 0 Å². The second-order valence-electron chi connectivity index (χ2n) is 6.46. The molecule has 1 heterocycles. The van der Waals surface area contributed by atoms with Crippen LogP contribution in [0.2, 0.25) is 0 Å². The van der Waals surface area contributed by atoms with Crippen molar-refractivity contribution in [1.29, 1.82) is 0 Å². The third-order valence-corrected chi connectivity index (χ3v) is 4.55. The van der Waals surface area contributed by atoms with Crippen LogP contribution in [-0.4, -0.2) is 25.7 Å². The molecule has 1 atom stereocenters. The molecule has 1 N–H and O–H groups in total. The third-order valence-electron chi connectivity index (χ3n) is 4.55. The number of rotatable bonds is 5. The summed E-state index contributed by atoms with van der Waals surface area (Å²) in [5.41, 5.74) is 0.956. The van der Waals surface area contributed by atoms with E-state index in [2.05, 4.69) is 5.32 Å². The SMILES string of the molecule is C[C@@H](NC(=O)COc1cccc2ccccc12)c1ccc2c(c1)OCCO2. The Balaban J connectivity index is 1.39. The van der Waals surface area contributed by atoms with E-state index in [0.717, 1.165) is 22.1 Å². The average Bonchev–Trinajstić information content (AvgIpc) is 2.71. The molecule has 1 aliphatic heterocycles. The van der Waals surface area contributed by atoms with Gasteiger partial charge in [-0.05, 0) is 36.1 Å². The van der Waals surface area contributed by atoms with Crippen LogP contribution in [0.3, 0.4) is 0 Å². The number of hydrogen-bond acceptors (Lipinski definition) is 4. The van der Waals surface area contributed by atoms with Gasteiger partial charge in [-0.15, -0.1) is 0 Å². The van der Waals surface area contributed by atoms with Gasteiger partial charge in [0.1, 0.15) is 19.0 Å². The molecule has 0 aliphatic carbocycles. The molecule has 3 aromatic carbocycles. The van der Waals surface area contributed by atoms with Crippen LogP contribution in [0.4, 0.5) is 0 Å². The van der Waals surface area contributed by atoms with Gasteiger partial charge < -0.3 is 19.5 Å². The van der Waals surface area contributed by atoms with Gasteiger partial charge in [-0.2, -0.15) is 0 Å². The van der Waals surface area contributed by atoms with Crippen molar-refractivity contribution in [3.8, 4) is 17.2 Å². The molecular weight excluding hydrogens is 342 g/mol. The van der Waals surface area contributed by atoms with Crippen LogP contribution in [0.25, 0.3) is 10.8 Å². The number of carbonyl (C=O) groups is 1. The largest absolute Gasteiger partial charge is 0.486 e. The molecule has 0 fully saturated rings. The molecule has 5 heteroatoms. The maximum absolute atomic E-state index is 12.3. The summed E-state index contributed by atoms with van der Waals surface area (Å²) in [5, 5.41) is 5.04. The van der Waals surface area contributed by atoms with Crippen LogP contribution in [0.15, 0.2) is 60.7 Å². The van der Waals surface area contributed by atoms with Gasteiger partial charge in [0.05, 0.1) is 6.04 Å². The Bertz CT molecular complexity index is 964. The van der Waals surface area contributed by atoms with Gasteiger partial charge in [0.2, 0.25) is 0 Å². The zero-order chi connectivity index (χ0) is 18.6. The van der Waals surface area contributed by atoms with Gasteiger partial charge in [-0.1, -0.05) is 42.5 Å². The number of benzene rings is 3. The molecule has 0 saturated heterocycles. The fourth-order valence-corrected chi connectivity index (χ4v) is 3.16. The Hall–Kier alpha value is -3.21. The monoisotopic (exact) mass is 363 g/mol. The molecule has 1 amide bonds. The van der Waals surface area contributed by atoms with Crippen LogP contribution < -0.4 is 19.5 Å². The minimum Gasteiger partial charge on any atom is -0.486 e. The van der Waals surface area contributed by atoms with Crippen molar-refractivity contribution in [3.05, 3.63) is 66.2 Å². The predicted octanol–water partition coefficient (Wildman–Crippen LogP) is 3.87. The number of amides is 1. The minimum atomic E-state index is -0.176. The highest BCUT2D eigenvalue weighted by atomic mass is 16.6. The second-order valence-corrected chi connectivity index (χ2v) is 6.46. The Morgan fingerprint density at radius 2 is 1.81 bits per heavy atom. The van der Waals surface area contributed by atoms with E-state index in [1.807, 2.05) is 67.6 Å². The third kappa shape index (κ3) is 3.82. The molecule has 4 rings (SSSR count). The first kappa shape index (κ1) is 17.2. The van der Waals surface area contributed by atoms with Crippen LogP contribution in [0, 0.1) is 0 Å². The van der Waals surface area contributed by atoms with Crippen LogP contribution >= 0.6 is 0 Å². The summed E-state index contributed by atoms with van der Waals surface area (Å²) in [6, 6.07) is 19.3.